The Labute approximate surface area is 116 Å². The molecule has 2 amide bonds. The molecule has 6 heteroatoms. The van der Waals surface area contributed by atoms with Crippen molar-refractivity contribution < 1.29 is 4.79 Å². The van der Waals surface area contributed by atoms with Crippen molar-refractivity contribution in [1.82, 2.24) is 15.3 Å². The molecule has 0 fully saturated rings. The van der Waals surface area contributed by atoms with E-state index in [4.69, 9.17) is 0 Å². The number of nitrogens with one attached hydrogen (secondary N) is 2. The lowest BCUT2D eigenvalue weighted by atomic mass is 10.2. The normalized spacial score (nSPS) is 10.2. The second kappa shape index (κ2) is 6.29. The Morgan fingerprint density at radius 2 is 2.21 bits per heavy atom. The number of thiazole rings is 1. The van der Waals surface area contributed by atoms with Gasteiger partial charge in [0.05, 0.1) is 5.01 Å². The highest BCUT2D eigenvalue weighted by Crippen LogP contribution is 2.08. The first-order chi connectivity index (χ1) is 9.13. The summed E-state index contributed by atoms with van der Waals surface area (Å²) in [5.41, 5.74) is 1.96. The lowest BCUT2D eigenvalue weighted by Gasteiger charge is -2.07. The van der Waals surface area contributed by atoms with E-state index in [0.717, 1.165) is 22.7 Å². The van der Waals surface area contributed by atoms with Crippen LogP contribution in [0.15, 0.2) is 23.7 Å². The van der Waals surface area contributed by atoms with Crippen molar-refractivity contribution in [2.24, 2.45) is 0 Å². The van der Waals surface area contributed by atoms with E-state index >= 15 is 0 Å². The van der Waals surface area contributed by atoms with E-state index in [1.807, 2.05) is 31.4 Å². The Morgan fingerprint density at radius 3 is 2.89 bits per heavy atom. The minimum Gasteiger partial charge on any atom is -0.337 e. The molecule has 19 heavy (non-hydrogen) atoms. The number of pyridine rings is 1. The van der Waals surface area contributed by atoms with Gasteiger partial charge in [-0.15, -0.1) is 11.3 Å². The molecule has 0 saturated carbocycles. The lowest BCUT2D eigenvalue weighted by molar-refractivity contribution is 0.252. The third-order valence-electron chi connectivity index (χ3n) is 2.45. The molecule has 0 spiro atoms. The van der Waals surface area contributed by atoms with Crippen molar-refractivity contribution in [2.75, 3.05) is 11.9 Å². The van der Waals surface area contributed by atoms with Gasteiger partial charge in [-0.3, -0.25) is 5.32 Å². The number of nitrogens with zero attached hydrogens (tertiary/aromatic N) is 2. The molecule has 2 aromatic heterocycles. The summed E-state index contributed by atoms with van der Waals surface area (Å²) < 4.78 is 0. The minimum absolute atomic E-state index is 0.242. The maximum Gasteiger partial charge on any atom is 0.320 e. The topological polar surface area (TPSA) is 66.9 Å². The van der Waals surface area contributed by atoms with E-state index in [0.29, 0.717) is 12.4 Å². The maximum atomic E-state index is 11.7. The van der Waals surface area contributed by atoms with E-state index in [2.05, 4.69) is 20.6 Å². The minimum atomic E-state index is -0.242. The highest BCUT2D eigenvalue weighted by atomic mass is 32.1. The summed E-state index contributed by atoms with van der Waals surface area (Å²) in [6.45, 7) is 4.43. The number of carbonyl (C=O) groups excluding carboxylic acids is 1. The van der Waals surface area contributed by atoms with Crippen LogP contribution in [0, 0.1) is 13.8 Å². The lowest BCUT2D eigenvalue weighted by Crippen LogP contribution is -2.30. The molecule has 0 atom stereocenters. The average molecular weight is 276 g/mol. The first kappa shape index (κ1) is 13.5. The van der Waals surface area contributed by atoms with Crippen molar-refractivity contribution in [1.29, 1.82) is 0 Å². The van der Waals surface area contributed by atoms with E-state index in [1.165, 1.54) is 0 Å². The van der Waals surface area contributed by atoms with Gasteiger partial charge in [0, 0.05) is 30.2 Å². The Bertz CT molecular complexity index is 534. The van der Waals surface area contributed by atoms with Crippen molar-refractivity contribution in [2.45, 2.75) is 20.3 Å². The number of rotatable bonds is 4. The molecule has 100 valence electrons. The van der Waals surface area contributed by atoms with Crippen LogP contribution in [-0.2, 0) is 6.42 Å². The average Bonchev–Trinajstić information content (AvgIpc) is 2.80. The first-order valence-corrected chi connectivity index (χ1v) is 6.90. The fraction of sp³-hybridized carbons (Fsp3) is 0.308. The van der Waals surface area contributed by atoms with Crippen molar-refractivity contribution in [3.63, 3.8) is 0 Å². The summed E-state index contributed by atoms with van der Waals surface area (Å²) in [6, 6.07) is 3.56. The van der Waals surface area contributed by atoms with Crippen LogP contribution < -0.4 is 10.6 Å². The second-order valence-corrected chi connectivity index (χ2v) is 5.21. The van der Waals surface area contributed by atoms with Gasteiger partial charge in [0.15, 0.2) is 0 Å². The summed E-state index contributed by atoms with van der Waals surface area (Å²) >= 11 is 1.59. The molecule has 2 N–H and O–H groups in total. The van der Waals surface area contributed by atoms with Crippen LogP contribution in [0.25, 0.3) is 0 Å². The first-order valence-electron chi connectivity index (χ1n) is 6.02. The third kappa shape index (κ3) is 4.33. The zero-order valence-corrected chi connectivity index (χ0v) is 11.8. The van der Waals surface area contributed by atoms with E-state index < -0.39 is 0 Å². The number of urea groups is 1. The standard InChI is InChI=1S/C13H16N4OS/c1-9-7-10(2)16-11(8-9)17-13(18)15-4-3-12-14-5-6-19-12/h5-8H,3-4H2,1-2H3,(H2,15,16,17,18). The molecular weight excluding hydrogens is 260 g/mol. The Kier molecular flexibility index (Phi) is 4.46. The molecular formula is C13H16N4OS. The quantitative estimate of drug-likeness (QED) is 0.901. The summed E-state index contributed by atoms with van der Waals surface area (Å²) in [4.78, 5) is 20.1. The monoisotopic (exact) mass is 276 g/mol. The van der Waals surface area contributed by atoms with Crippen LogP contribution in [0.3, 0.4) is 0 Å². The summed E-state index contributed by atoms with van der Waals surface area (Å²) in [5, 5.41) is 8.45. The van der Waals surface area contributed by atoms with Gasteiger partial charge >= 0.3 is 6.03 Å². The molecule has 2 aromatic rings. The van der Waals surface area contributed by atoms with Crippen molar-refractivity contribution in [3.05, 3.63) is 40.0 Å². The van der Waals surface area contributed by atoms with Gasteiger partial charge in [-0.2, -0.15) is 0 Å². The van der Waals surface area contributed by atoms with Gasteiger partial charge in [0.1, 0.15) is 5.82 Å². The zero-order valence-electron chi connectivity index (χ0n) is 10.9. The Hall–Kier alpha value is -1.95. The largest absolute Gasteiger partial charge is 0.337 e. The summed E-state index contributed by atoms with van der Waals surface area (Å²) in [7, 11) is 0. The van der Waals surface area contributed by atoms with E-state index in [1.54, 1.807) is 17.5 Å². The molecule has 0 aromatic carbocycles. The molecule has 2 rings (SSSR count). The van der Waals surface area contributed by atoms with Gasteiger partial charge in [-0.05, 0) is 31.5 Å². The fourth-order valence-corrected chi connectivity index (χ4v) is 2.35. The molecule has 0 unspecified atom stereocenters. The van der Waals surface area contributed by atoms with E-state index in [-0.39, 0.29) is 6.03 Å². The molecule has 0 aliphatic rings. The molecule has 0 aliphatic heterocycles. The highest BCUT2D eigenvalue weighted by Gasteiger charge is 2.04. The fourth-order valence-electron chi connectivity index (χ4n) is 1.73. The van der Waals surface area contributed by atoms with E-state index in [9.17, 15) is 4.79 Å². The van der Waals surface area contributed by atoms with Crippen molar-refractivity contribution >= 4 is 23.2 Å². The van der Waals surface area contributed by atoms with Crippen LogP contribution in [0.5, 0.6) is 0 Å². The van der Waals surface area contributed by atoms with Crippen LogP contribution in [0.2, 0.25) is 0 Å². The number of hydrogen-bond acceptors (Lipinski definition) is 4. The molecule has 0 bridgehead atoms. The van der Waals surface area contributed by atoms with Crippen LogP contribution in [0.4, 0.5) is 10.6 Å². The molecule has 0 saturated heterocycles. The smallest absolute Gasteiger partial charge is 0.320 e. The van der Waals surface area contributed by atoms with Crippen LogP contribution in [-0.4, -0.2) is 22.5 Å². The number of aromatic nitrogens is 2. The van der Waals surface area contributed by atoms with Gasteiger partial charge in [-0.25, -0.2) is 14.8 Å². The second-order valence-electron chi connectivity index (χ2n) is 4.23. The van der Waals surface area contributed by atoms with Crippen LogP contribution >= 0.6 is 11.3 Å². The number of aryl methyl sites for hydroxylation is 2. The predicted molar refractivity (Wildman–Crippen MR) is 76.6 cm³/mol. The highest BCUT2D eigenvalue weighted by molar-refractivity contribution is 7.09. The Balaban J connectivity index is 1.80. The summed E-state index contributed by atoms with van der Waals surface area (Å²) in [5.74, 6) is 0.573. The molecule has 2 heterocycles. The SMILES string of the molecule is Cc1cc(C)nc(NC(=O)NCCc2nccs2)c1. The number of amides is 2. The van der Waals surface area contributed by atoms with Gasteiger partial charge in [0.2, 0.25) is 0 Å². The van der Waals surface area contributed by atoms with Gasteiger partial charge < -0.3 is 5.32 Å². The van der Waals surface area contributed by atoms with Gasteiger partial charge in [-0.1, -0.05) is 0 Å². The number of carbonyl (C=O) groups is 1. The predicted octanol–water partition coefficient (Wildman–Crippen LogP) is 2.52. The third-order valence-corrected chi connectivity index (χ3v) is 3.29. The number of hydrogen-bond donors (Lipinski definition) is 2. The zero-order chi connectivity index (χ0) is 13.7. The van der Waals surface area contributed by atoms with Gasteiger partial charge in [0.25, 0.3) is 0 Å². The summed E-state index contributed by atoms with van der Waals surface area (Å²) in [6.07, 6.45) is 2.50. The Morgan fingerprint density at radius 1 is 1.37 bits per heavy atom. The molecule has 0 radical (unpaired) electrons. The van der Waals surface area contributed by atoms with Crippen molar-refractivity contribution in [3.8, 4) is 0 Å². The van der Waals surface area contributed by atoms with Crippen LogP contribution in [0.1, 0.15) is 16.3 Å². The number of anilines is 1. The maximum absolute atomic E-state index is 11.7. The molecule has 5 nitrogen and oxygen atoms in total. The molecule has 0 aliphatic carbocycles.